The molecule has 0 aliphatic carbocycles. The molecule has 2 rings (SSSR count). The zero-order valence-electron chi connectivity index (χ0n) is 11.5. The Morgan fingerprint density at radius 3 is 2.80 bits per heavy atom. The van der Waals surface area contributed by atoms with Crippen LogP contribution in [0.3, 0.4) is 0 Å². The predicted octanol–water partition coefficient (Wildman–Crippen LogP) is 5.87. The molecule has 1 heterocycles. The van der Waals surface area contributed by atoms with E-state index >= 15 is 0 Å². The van der Waals surface area contributed by atoms with Crippen LogP contribution in [-0.2, 0) is 6.54 Å². The predicted molar refractivity (Wildman–Crippen MR) is 91.3 cm³/mol. The van der Waals surface area contributed by atoms with Crippen LogP contribution in [0.2, 0.25) is 4.34 Å². The number of halogens is 2. The monoisotopic (exact) mass is 373 g/mol. The first kappa shape index (κ1) is 15.7. The Bertz CT molecular complexity index is 566. The van der Waals surface area contributed by atoms with Crippen LogP contribution in [0.25, 0.3) is 0 Å². The Kier molecular flexibility index (Phi) is 5.75. The van der Waals surface area contributed by atoms with Crippen LogP contribution in [0.1, 0.15) is 23.8 Å². The number of hydrogen-bond acceptors (Lipinski definition) is 3. The molecule has 0 unspecified atom stereocenters. The van der Waals surface area contributed by atoms with Crippen molar-refractivity contribution < 1.29 is 4.74 Å². The number of thiophene rings is 1. The van der Waals surface area contributed by atoms with Crippen LogP contribution in [0.4, 0.5) is 5.69 Å². The van der Waals surface area contributed by atoms with E-state index in [1.54, 1.807) is 11.3 Å². The van der Waals surface area contributed by atoms with Crippen molar-refractivity contribution in [3.63, 3.8) is 0 Å². The third-order valence-electron chi connectivity index (χ3n) is 2.75. The molecule has 0 spiro atoms. The molecule has 5 heteroatoms. The zero-order valence-corrected chi connectivity index (χ0v) is 14.7. The fourth-order valence-electron chi connectivity index (χ4n) is 1.77. The van der Waals surface area contributed by atoms with Gasteiger partial charge in [0, 0.05) is 15.9 Å². The fourth-order valence-corrected chi connectivity index (χ4v) is 3.50. The molecule has 20 heavy (non-hydrogen) atoms. The molecule has 1 N–H and O–H groups in total. The molecule has 0 saturated heterocycles. The molecule has 2 nitrogen and oxygen atoms in total. The second-order valence-electron chi connectivity index (χ2n) is 4.54. The summed E-state index contributed by atoms with van der Waals surface area (Å²) < 4.78 is 7.53. The highest BCUT2D eigenvalue weighted by Gasteiger charge is 2.07. The maximum atomic E-state index is 6.05. The van der Waals surface area contributed by atoms with E-state index in [1.165, 1.54) is 10.4 Å². The van der Waals surface area contributed by atoms with E-state index in [4.69, 9.17) is 16.3 Å². The zero-order chi connectivity index (χ0) is 14.5. The first-order valence-electron chi connectivity index (χ1n) is 6.51. The van der Waals surface area contributed by atoms with Gasteiger partial charge < -0.3 is 10.1 Å². The van der Waals surface area contributed by atoms with Crippen molar-refractivity contribution >= 4 is 44.6 Å². The van der Waals surface area contributed by atoms with Crippen molar-refractivity contribution in [3.8, 4) is 5.75 Å². The Morgan fingerprint density at radius 1 is 1.35 bits per heavy atom. The summed E-state index contributed by atoms with van der Waals surface area (Å²) in [6.45, 7) is 5.64. The highest BCUT2D eigenvalue weighted by molar-refractivity contribution is 9.10. The Morgan fingerprint density at radius 2 is 2.15 bits per heavy atom. The van der Waals surface area contributed by atoms with Gasteiger partial charge in [0.25, 0.3) is 0 Å². The van der Waals surface area contributed by atoms with E-state index in [-0.39, 0.29) is 0 Å². The SMILES string of the molecule is CCCOc1cc(C)ccc1NCc1cc(Br)c(Cl)s1. The lowest BCUT2D eigenvalue weighted by Gasteiger charge is -2.13. The highest BCUT2D eigenvalue weighted by atomic mass is 79.9. The molecule has 0 saturated carbocycles. The maximum absolute atomic E-state index is 6.05. The average Bonchev–Trinajstić information content (AvgIpc) is 2.74. The van der Waals surface area contributed by atoms with Gasteiger partial charge in [-0.25, -0.2) is 0 Å². The Hall–Kier alpha value is -0.710. The third-order valence-corrected chi connectivity index (χ3v) is 5.22. The van der Waals surface area contributed by atoms with E-state index < -0.39 is 0 Å². The lowest BCUT2D eigenvalue weighted by atomic mass is 10.2. The second-order valence-corrected chi connectivity index (χ2v) is 7.13. The van der Waals surface area contributed by atoms with Gasteiger partial charge in [-0.2, -0.15) is 0 Å². The first-order valence-corrected chi connectivity index (χ1v) is 8.50. The van der Waals surface area contributed by atoms with Crippen molar-refractivity contribution in [2.75, 3.05) is 11.9 Å². The summed E-state index contributed by atoms with van der Waals surface area (Å²) in [5, 5.41) is 3.41. The lowest BCUT2D eigenvalue weighted by Crippen LogP contribution is -2.03. The molecular weight excluding hydrogens is 358 g/mol. The van der Waals surface area contributed by atoms with Crippen molar-refractivity contribution in [2.24, 2.45) is 0 Å². The minimum atomic E-state index is 0.731. The second kappa shape index (κ2) is 7.34. The molecule has 0 amide bonds. The quantitative estimate of drug-likeness (QED) is 0.682. The van der Waals surface area contributed by atoms with Crippen molar-refractivity contribution in [3.05, 3.63) is 43.5 Å². The topological polar surface area (TPSA) is 21.3 Å². The number of rotatable bonds is 6. The molecule has 0 aliphatic rings. The van der Waals surface area contributed by atoms with Gasteiger partial charge in [-0.15, -0.1) is 11.3 Å². The molecule has 0 atom stereocenters. The van der Waals surface area contributed by atoms with Gasteiger partial charge in [-0.3, -0.25) is 0 Å². The highest BCUT2D eigenvalue weighted by Crippen LogP contribution is 2.33. The number of ether oxygens (including phenoxy) is 1. The van der Waals surface area contributed by atoms with Gasteiger partial charge in [0.2, 0.25) is 0 Å². The number of benzene rings is 1. The van der Waals surface area contributed by atoms with Gasteiger partial charge in [-0.05, 0) is 53.0 Å². The number of aryl methyl sites for hydroxylation is 1. The van der Waals surface area contributed by atoms with E-state index in [1.807, 2.05) is 6.07 Å². The van der Waals surface area contributed by atoms with Gasteiger partial charge in [0.15, 0.2) is 0 Å². The summed E-state index contributed by atoms with van der Waals surface area (Å²) in [7, 11) is 0. The number of anilines is 1. The van der Waals surface area contributed by atoms with E-state index in [0.29, 0.717) is 0 Å². The standard InChI is InChI=1S/C15H17BrClNOS/c1-3-6-19-14-7-10(2)4-5-13(14)18-9-11-8-12(16)15(17)20-11/h4-5,7-8,18H,3,6,9H2,1-2H3. The summed E-state index contributed by atoms with van der Waals surface area (Å²) in [5.41, 5.74) is 2.22. The summed E-state index contributed by atoms with van der Waals surface area (Å²) >= 11 is 11.1. The number of nitrogens with one attached hydrogen (secondary N) is 1. The average molecular weight is 375 g/mol. The van der Waals surface area contributed by atoms with Crippen molar-refractivity contribution in [2.45, 2.75) is 26.8 Å². The molecule has 0 radical (unpaired) electrons. The molecule has 0 fully saturated rings. The summed E-state index contributed by atoms with van der Waals surface area (Å²) in [6, 6.07) is 8.25. The minimum absolute atomic E-state index is 0.731. The molecule has 1 aromatic heterocycles. The van der Waals surface area contributed by atoms with E-state index in [2.05, 4.69) is 53.3 Å². The van der Waals surface area contributed by atoms with Crippen LogP contribution >= 0.6 is 38.9 Å². The molecular formula is C15H17BrClNOS. The summed E-state index contributed by atoms with van der Waals surface area (Å²) in [6.07, 6.45) is 1.00. The van der Waals surface area contributed by atoms with Gasteiger partial charge in [-0.1, -0.05) is 24.6 Å². The largest absolute Gasteiger partial charge is 0.491 e. The van der Waals surface area contributed by atoms with Gasteiger partial charge >= 0.3 is 0 Å². The maximum Gasteiger partial charge on any atom is 0.142 e. The van der Waals surface area contributed by atoms with Crippen LogP contribution in [0, 0.1) is 6.92 Å². The van der Waals surface area contributed by atoms with Gasteiger partial charge in [0.1, 0.15) is 10.1 Å². The first-order chi connectivity index (χ1) is 9.60. The normalized spacial score (nSPS) is 10.6. The Labute approximate surface area is 137 Å². The van der Waals surface area contributed by atoms with Crippen LogP contribution in [0.15, 0.2) is 28.7 Å². The van der Waals surface area contributed by atoms with Gasteiger partial charge in [0.05, 0.1) is 12.3 Å². The fraction of sp³-hybridized carbons (Fsp3) is 0.333. The summed E-state index contributed by atoms with van der Waals surface area (Å²) in [5.74, 6) is 0.911. The van der Waals surface area contributed by atoms with E-state index in [9.17, 15) is 0 Å². The molecule has 0 aliphatic heterocycles. The smallest absolute Gasteiger partial charge is 0.142 e. The number of hydrogen-bond donors (Lipinski definition) is 1. The molecule has 108 valence electrons. The third kappa shape index (κ3) is 4.14. The van der Waals surface area contributed by atoms with Crippen LogP contribution in [-0.4, -0.2) is 6.61 Å². The van der Waals surface area contributed by atoms with Crippen molar-refractivity contribution in [1.82, 2.24) is 0 Å². The van der Waals surface area contributed by atoms with E-state index in [0.717, 1.165) is 39.8 Å². The summed E-state index contributed by atoms with van der Waals surface area (Å²) in [4.78, 5) is 1.18. The van der Waals surface area contributed by atoms with Crippen LogP contribution < -0.4 is 10.1 Å². The Balaban J connectivity index is 2.08. The van der Waals surface area contributed by atoms with Crippen molar-refractivity contribution in [1.29, 1.82) is 0 Å². The molecule has 1 aromatic carbocycles. The minimum Gasteiger partial charge on any atom is -0.491 e. The lowest BCUT2D eigenvalue weighted by molar-refractivity contribution is 0.318. The molecule has 2 aromatic rings. The molecule has 0 bridgehead atoms. The van der Waals surface area contributed by atoms with Crippen LogP contribution in [0.5, 0.6) is 5.75 Å².